The molecule has 1 N–H and O–H groups in total. The number of rotatable bonds is 6. The van der Waals surface area contributed by atoms with Crippen molar-refractivity contribution < 1.29 is 9.47 Å². The topological polar surface area (TPSA) is 30.5 Å². The summed E-state index contributed by atoms with van der Waals surface area (Å²) in [7, 11) is 0. The maximum atomic E-state index is 5.92. The summed E-state index contributed by atoms with van der Waals surface area (Å²) in [5.41, 5.74) is 1.28. The Morgan fingerprint density at radius 1 is 1.50 bits per heavy atom. The fraction of sp³-hybridized carbons (Fsp3) is 0.600. The Labute approximate surface area is 109 Å². The summed E-state index contributed by atoms with van der Waals surface area (Å²) in [4.78, 5) is 0. The SMILES string of the molecule is CCCNC(C)c1cccc(OC2CCOC2)c1. The molecular formula is C15H23NO2. The lowest BCUT2D eigenvalue weighted by molar-refractivity contribution is 0.141. The molecule has 1 aromatic rings. The number of ether oxygens (including phenoxy) is 2. The van der Waals surface area contributed by atoms with Crippen LogP contribution in [0.5, 0.6) is 5.75 Å². The second-order valence-corrected chi connectivity index (χ2v) is 4.85. The van der Waals surface area contributed by atoms with E-state index in [0.29, 0.717) is 12.6 Å². The van der Waals surface area contributed by atoms with Crippen LogP contribution in [-0.2, 0) is 4.74 Å². The summed E-state index contributed by atoms with van der Waals surface area (Å²) in [6, 6.07) is 8.73. The fourth-order valence-electron chi connectivity index (χ4n) is 2.13. The molecule has 1 saturated heterocycles. The van der Waals surface area contributed by atoms with Gasteiger partial charge in [0.05, 0.1) is 13.2 Å². The molecule has 18 heavy (non-hydrogen) atoms. The zero-order valence-corrected chi connectivity index (χ0v) is 11.3. The van der Waals surface area contributed by atoms with Crippen molar-refractivity contribution in [1.82, 2.24) is 5.32 Å². The molecule has 0 amide bonds. The molecule has 3 heteroatoms. The quantitative estimate of drug-likeness (QED) is 0.841. The van der Waals surface area contributed by atoms with Crippen molar-refractivity contribution in [3.8, 4) is 5.75 Å². The van der Waals surface area contributed by atoms with E-state index >= 15 is 0 Å². The molecule has 3 nitrogen and oxygen atoms in total. The first-order valence-corrected chi connectivity index (χ1v) is 6.87. The molecule has 1 heterocycles. The molecule has 0 aliphatic carbocycles. The van der Waals surface area contributed by atoms with Gasteiger partial charge < -0.3 is 14.8 Å². The Hall–Kier alpha value is -1.06. The largest absolute Gasteiger partial charge is 0.488 e. The van der Waals surface area contributed by atoms with Gasteiger partial charge in [-0.15, -0.1) is 0 Å². The van der Waals surface area contributed by atoms with Crippen LogP contribution < -0.4 is 10.1 Å². The average molecular weight is 249 g/mol. The van der Waals surface area contributed by atoms with Crippen LogP contribution in [0.2, 0.25) is 0 Å². The van der Waals surface area contributed by atoms with Crippen LogP contribution in [0.25, 0.3) is 0 Å². The Morgan fingerprint density at radius 2 is 2.39 bits per heavy atom. The standard InChI is InChI=1S/C15H23NO2/c1-3-8-16-12(2)13-5-4-6-14(10-13)18-15-7-9-17-11-15/h4-6,10,12,15-16H,3,7-9,11H2,1-2H3. The average Bonchev–Trinajstić information content (AvgIpc) is 2.89. The van der Waals surface area contributed by atoms with E-state index < -0.39 is 0 Å². The minimum atomic E-state index is 0.221. The van der Waals surface area contributed by atoms with Crippen molar-refractivity contribution in [2.75, 3.05) is 19.8 Å². The van der Waals surface area contributed by atoms with Crippen molar-refractivity contribution in [1.29, 1.82) is 0 Å². The molecule has 2 atom stereocenters. The van der Waals surface area contributed by atoms with Crippen molar-refractivity contribution >= 4 is 0 Å². The summed E-state index contributed by atoms with van der Waals surface area (Å²) >= 11 is 0. The first-order valence-electron chi connectivity index (χ1n) is 6.87. The van der Waals surface area contributed by atoms with Crippen LogP contribution in [0, 0.1) is 0 Å². The molecule has 0 saturated carbocycles. The third-order valence-corrected chi connectivity index (χ3v) is 3.25. The van der Waals surface area contributed by atoms with E-state index in [1.165, 1.54) is 5.56 Å². The first-order chi connectivity index (χ1) is 8.79. The van der Waals surface area contributed by atoms with Crippen LogP contribution in [0.15, 0.2) is 24.3 Å². The predicted octanol–water partition coefficient (Wildman–Crippen LogP) is 2.91. The summed E-state index contributed by atoms with van der Waals surface area (Å²) in [6.07, 6.45) is 2.37. The Morgan fingerprint density at radius 3 is 3.11 bits per heavy atom. The Bertz CT molecular complexity index is 361. The number of benzene rings is 1. The summed E-state index contributed by atoms with van der Waals surface area (Å²) in [5, 5.41) is 3.49. The number of hydrogen-bond donors (Lipinski definition) is 1. The van der Waals surface area contributed by atoms with Gasteiger partial charge in [0.15, 0.2) is 0 Å². The van der Waals surface area contributed by atoms with Gasteiger partial charge in [0.2, 0.25) is 0 Å². The van der Waals surface area contributed by atoms with Crippen LogP contribution in [0.4, 0.5) is 0 Å². The normalized spacial score (nSPS) is 20.9. The van der Waals surface area contributed by atoms with Crippen molar-refractivity contribution in [3.05, 3.63) is 29.8 Å². The van der Waals surface area contributed by atoms with Crippen molar-refractivity contribution in [3.63, 3.8) is 0 Å². The highest BCUT2D eigenvalue weighted by molar-refractivity contribution is 5.30. The van der Waals surface area contributed by atoms with Gasteiger partial charge in [-0.3, -0.25) is 0 Å². The van der Waals surface area contributed by atoms with E-state index in [1.807, 2.05) is 6.07 Å². The van der Waals surface area contributed by atoms with Gasteiger partial charge >= 0.3 is 0 Å². The molecule has 2 rings (SSSR count). The van der Waals surface area contributed by atoms with Crippen LogP contribution in [-0.4, -0.2) is 25.9 Å². The fourth-order valence-corrected chi connectivity index (χ4v) is 2.13. The van der Waals surface area contributed by atoms with Gasteiger partial charge in [0.1, 0.15) is 11.9 Å². The molecular weight excluding hydrogens is 226 g/mol. The maximum absolute atomic E-state index is 5.92. The van der Waals surface area contributed by atoms with Crippen molar-refractivity contribution in [2.24, 2.45) is 0 Å². The Kier molecular flexibility index (Phi) is 5.02. The van der Waals surface area contributed by atoms with Crippen molar-refractivity contribution in [2.45, 2.75) is 38.8 Å². The van der Waals surface area contributed by atoms with E-state index in [1.54, 1.807) is 0 Å². The zero-order chi connectivity index (χ0) is 12.8. The van der Waals surface area contributed by atoms with Gasteiger partial charge in [0.25, 0.3) is 0 Å². The van der Waals surface area contributed by atoms with Crippen LogP contribution in [0.3, 0.4) is 0 Å². The lowest BCUT2D eigenvalue weighted by Gasteiger charge is -2.16. The number of nitrogens with one attached hydrogen (secondary N) is 1. The zero-order valence-electron chi connectivity index (χ0n) is 11.3. The molecule has 0 bridgehead atoms. The summed E-state index contributed by atoms with van der Waals surface area (Å²) in [5.74, 6) is 0.952. The molecule has 2 unspecified atom stereocenters. The first kappa shape index (κ1) is 13.4. The minimum absolute atomic E-state index is 0.221. The third-order valence-electron chi connectivity index (χ3n) is 3.25. The van der Waals surface area contributed by atoms with Gasteiger partial charge in [-0.25, -0.2) is 0 Å². The van der Waals surface area contributed by atoms with E-state index in [9.17, 15) is 0 Å². The smallest absolute Gasteiger partial charge is 0.124 e. The molecule has 1 aliphatic heterocycles. The molecule has 1 aromatic carbocycles. The van der Waals surface area contributed by atoms with Gasteiger partial charge in [-0.2, -0.15) is 0 Å². The van der Waals surface area contributed by atoms with Gasteiger partial charge in [-0.1, -0.05) is 19.1 Å². The van der Waals surface area contributed by atoms with E-state index in [2.05, 4.69) is 37.4 Å². The molecule has 1 aliphatic rings. The molecule has 0 radical (unpaired) electrons. The molecule has 0 spiro atoms. The second-order valence-electron chi connectivity index (χ2n) is 4.85. The number of hydrogen-bond acceptors (Lipinski definition) is 3. The third kappa shape index (κ3) is 3.72. The highest BCUT2D eigenvalue weighted by Gasteiger charge is 2.17. The molecule has 100 valence electrons. The summed E-state index contributed by atoms with van der Waals surface area (Å²) in [6.45, 7) is 6.95. The van der Waals surface area contributed by atoms with E-state index in [0.717, 1.165) is 31.7 Å². The van der Waals surface area contributed by atoms with Crippen LogP contribution in [0.1, 0.15) is 38.3 Å². The molecule has 0 aromatic heterocycles. The highest BCUT2D eigenvalue weighted by atomic mass is 16.5. The minimum Gasteiger partial charge on any atom is -0.488 e. The van der Waals surface area contributed by atoms with E-state index in [4.69, 9.17) is 9.47 Å². The van der Waals surface area contributed by atoms with Gasteiger partial charge in [0, 0.05) is 12.5 Å². The lowest BCUT2D eigenvalue weighted by atomic mass is 10.1. The monoisotopic (exact) mass is 249 g/mol. The lowest BCUT2D eigenvalue weighted by Crippen LogP contribution is -2.20. The maximum Gasteiger partial charge on any atom is 0.124 e. The van der Waals surface area contributed by atoms with Gasteiger partial charge in [-0.05, 0) is 37.6 Å². The Balaban J connectivity index is 1.95. The highest BCUT2D eigenvalue weighted by Crippen LogP contribution is 2.21. The molecule has 1 fully saturated rings. The second kappa shape index (κ2) is 6.76. The predicted molar refractivity (Wildman–Crippen MR) is 73.0 cm³/mol. The van der Waals surface area contributed by atoms with Crippen LogP contribution >= 0.6 is 0 Å². The van der Waals surface area contributed by atoms with E-state index in [-0.39, 0.29) is 6.10 Å². The summed E-state index contributed by atoms with van der Waals surface area (Å²) < 4.78 is 11.2.